The van der Waals surface area contributed by atoms with E-state index in [1.807, 2.05) is 6.92 Å². The highest BCUT2D eigenvalue weighted by Gasteiger charge is 2.06. The summed E-state index contributed by atoms with van der Waals surface area (Å²) >= 11 is 5.20. The van der Waals surface area contributed by atoms with Crippen molar-refractivity contribution in [2.45, 2.75) is 13.0 Å². The molecule has 0 aliphatic carbocycles. The van der Waals surface area contributed by atoms with Gasteiger partial charge in [-0.2, -0.15) is 0 Å². The lowest BCUT2D eigenvalue weighted by molar-refractivity contribution is -0.856. The normalized spacial score (nSPS) is 12.3. The molecule has 3 N–H and O–H groups in total. The van der Waals surface area contributed by atoms with Crippen molar-refractivity contribution in [3.63, 3.8) is 0 Å². The van der Waals surface area contributed by atoms with E-state index in [-0.39, 0.29) is 11.9 Å². The molecule has 0 aliphatic rings. The zero-order chi connectivity index (χ0) is 13.5. The average Bonchev–Trinajstić information content (AvgIpc) is 2.29. The van der Waals surface area contributed by atoms with E-state index in [0.29, 0.717) is 5.11 Å². The van der Waals surface area contributed by atoms with Crippen molar-refractivity contribution in [1.29, 1.82) is 0 Å². The third-order valence-electron chi connectivity index (χ3n) is 2.63. The van der Waals surface area contributed by atoms with Gasteiger partial charge in [-0.15, -0.1) is 0 Å². The minimum atomic E-state index is -0.222. The van der Waals surface area contributed by atoms with Gasteiger partial charge in [-0.25, -0.2) is 4.39 Å². The van der Waals surface area contributed by atoms with Crippen LogP contribution in [0.2, 0.25) is 0 Å². The molecule has 0 saturated heterocycles. The van der Waals surface area contributed by atoms with Crippen molar-refractivity contribution < 1.29 is 9.29 Å². The summed E-state index contributed by atoms with van der Waals surface area (Å²) in [5.74, 6) is -0.222. The van der Waals surface area contributed by atoms with Gasteiger partial charge in [0.25, 0.3) is 0 Å². The summed E-state index contributed by atoms with van der Waals surface area (Å²) in [4.78, 5) is 1.37. The molecule has 0 spiro atoms. The van der Waals surface area contributed by atoms with Crippen LogP contribution in [0.25, 0.3) is 0 Å². The molecule has 0 amide bonds. The summed E-state index contributed by atoms with van der Waals surface area (Å²) in [6, 6.07) is 6.51. The van der Waals surface area contributed by atoms with Crippen LogP contribution < -0.4 is 15.5 Å². The third-order valence-corrected chi connectivity index (χ3v) is 2.89. The van der Waals surface area contributed by atoms with Crippen molar-refractivity contribution in [1.82, 2.24) is 10.6 Å². The number of likely N-dealkylation sites (N-methyl/N-ethyl adjacent to an activating group) is 1. The van der Waals surface area contributed by atoms with Gasteiger partial charge in [-0.1, -0.05) is 12.1 Å². The molecule has 0 aromatic heterocycles. The molecule has 1 aromatic carbocycles. The lowest BCUT2D eigenvalue weighted by Gasteiger charge is -2.17. The SMILES string of the molecule is C[C@H](NC(=S)NCC[NH+](C)C)c1ccc(F)cc1. The highest BCUT2D eigenvalue weighted by molar-refractivity contribution is 7.80. The fraction of sp³-hybridized carbons (Fsp3) is 0.462. The highest BCUT2D eigenvalue weighted by atomic mass is 32.1. The first kappa shape index (κ1) is 14.9. The van der Waals surface area contributed by atoms with Gasteiger partial charge in [-0.05, 0) is 36.8 Å². The van der Waals surface area contributed by atoms with E-state index in [4.69, 9.17) is 12.2 Å². The Kier molecular flexibility index (Phi) is 6.01. The summed E-state index contributed by atoms with van der Waals surface area (Å²) in [7, 11) is 4.19. The van der Waals surface area contributed by atoms with Crippen LogP contribution in [-0.4, -0.2) is 32.3 Å². The van der Waals surface area contributed by atoms with Gasteiger partial charge in [0, 0.05) is 0 Å². The number of hydrogen-bond donors (Lipinski definition) is 3. The van der Waals surface area contributed by atoms with Crippen LogP contribution in [0.4, 0.5) is 4.39 Å². The molecule has 0 fully saturated rings. The van der Waals surface area contributed by atoms with Gasteiger partial charge < -0.3 is 15.5 Å². The van der Waals surface area contributed by atoms with E-state index in [0.717, 1.165) is 18.7 Å². The molecular formula is C13H21FN3S+. The van der Waals surface area contributed by atoms with Gasteiger partial charge in [0.1, 0.15) is 5.82 Å². The molecule has 1 rings (SSSR count). The average molecular weight is 270 g/mol. The van der Waals surface area contributed by atoms with E-state index in [9.17, 15) is 4.39 Å². The quantitative estimate of drug-likeness (QED) is 0.680. The zero-order valence-electron chi connectivity index (χ0n) is 11.1. The number of thiocarbonyl (C=S) groups is 1. The number of rotatable bonds is 5. The van der Waals surface area contributed by atoms with Crippen LogP contribution in [0.15, 0.2) is 24.3 Å². The monoisotopic (exact) mass is 270 g/mol. The van der Waals surface area contributed by atoms with E-state index in [2.05, 4.69) is 24.7 Å². The minimum absolute atomic E-state index is 0.0669. The summed E-state index contributed by atoms with van der Waals surface area (Å²) in [6.07, 6.45) is 0. The van der Waals surface area contributed by atoms with E-state index in [1.165, 1.54) is 17.0 Å². The Labute approximate surface area is 113 Å². The molecule has 0 radical (unpaired) electrons. The van der Waals surface area contributed by atoms with E-state index >= 15 is 0 Å². The summed E-state index contributed by atoms with van der Waals surface area (Å²) in [5, 5.41) is 6.96. The molecule has 0 aliphatic heterocycles. The molecule has 0 saturated carbocycles. The molecule has 3 nitrogen and oxygen atoms in total. The molecule has 1 aromatic rings. The number of halogens is 1. The predicted molar refractivity (Wildman–Crippen MR) is 76.2 cm³/mol. The van der Waals surface area contributed by atoms with Crippen LogP contribution in [0, 0.1) is 5.82 Å². The smallest absolute Gasteiger partial charge is 0.166 e. The van der Waals surface area contributed by atoms with Gasteiger partial charge in [0.2, 0.25) is 0 Å². The topological polar surface area (TPSA) is 28.5 Å². The zero-order valence-corrected chi connectivity index (χ0v) is 11.9. The Bertz CT molecular complexity index is 378. The van der Waals surface area contributed by atoms with Gasteiger partial charge in [-0.3, -0.25) is 0 Å². The minimum Gasteiger partial charge on any atom is -0.357 e. The van der Waals surface area contributed by atoms with Crippen LogP contribution >= 0.6 is 12.2 Å². The molecule has 0 heterocycles. The fourth-order valence-electron chi connectivity index (χ4n) is 1.51. The second kappa shape index (κ2) is 7.28. The molecule has 0 unspecified atom stereocenters. The number of quaternary nitrogens is 1. The van der Waals surface area contributed by atoms with Crippen molar-refractivity contribution in [2.24, 2.45) is 0 Å². The summed E-state index contributed by atoms with van der Waals surface area (Å²) < 4.78 is 12.8. The molecule has 18 heavy (non-hydrogen) atoms. The lowest BCUT2D eigenvalue weighted by atomic mass is 10.1. The summed E-state index contributed by atoms with van der Waals surface area (Å²) in [6.45, 7) is 3.84. The fourth-order valence-corrected chi connectivity index (χ4v) is 1.79. The lowest BCUT2D eigenvalue weighted by Crippen LogP contribution is -3.06. The van der Waals surface area contributed by atoms with Crippen molar-refractivity contribution in [3.8, 4) is 0 Å². The van der Waals surface area contributed by atoms with E-state index in [1.54, 1.807) is 12.1 Å². The van der Waals surface area contributed by atoms with Crippen molar-refractivity contribution in [3.05, 3.63) is 35.6 Å². The number of nitrogens with one attached hydrogen (secondary N) is 3. The second-order valence-electron chi connectivity index (χ2n) is 4.63. The van der Waals surface area contributed by atoms with Crippen LogP contribution in [-0.2, 0) is 0 Å². The van der Waals surface area contributed by atoms with Gasteiger partial charge in [0.05, 0.1) is 33.2 Å². The van der Waals surface area contributed by atoms with E-state index < -0.39 is 0 Å². The Hall–Kier alpha value is -1.20. The first-order valence-corrected chi connectivity index (χ1v) is 6.48. The number of hydrogen-bond acceptors (Lipinski definition) is 1. The van der Waals surface area contributed by atoms with Crippen LogP contribution in [0.3, 0.4) is 0 Å². The first-order chi connectivity index (χ1) is 8.49. The molecular weight excluding hydrogens is 249 g/mol. The largest absolute Gasteiger partial charge is 0.357 e. The maximum atomic E-state index is 12.8. The predicted octanol–water partition coefficient (Wildman–Crippen LogP) is 0.495. The Morgan fingerprint density at radius 2 is 1.94 bits per heavy atom. The summed E-state index contributed by atoms with van der Waals surface area (Å²) in [5.41, 5.74) is 1.01. The third kappa shape index (κ3) is 5.42. The van der Waals surface area contributed by atoms with Gasteiger partial charge >= 0.3 is 0 Å². The maximum Gasteiger partial charge on any atom is 0.166 e. The van der Waals surface area contributed by atoms with Crippen molar-refractivity contribution >= 4 is 17.3 Å². The van der Waals surface area contributed by atoms with Crippen LogP contribution in [0.5, 0.6) is 0 Å². The Morgan fingerprint density at radius 3 is 2.50 bits per heavy atom. The Morgan fingerprint density at radius 1 is 1.33 bits per heavy atom. The second-order valence-corrected chi connectivity index (χ2v) is 5.04. The van der Waals surface area contributed by atoms with Gasteiger partial charge in [0.15, 0.2) is 5.11 Å². The molecule has 5 heteroatoms. The maximum absolute atomic E-state index is 12.8. The molecule has 1 atom stereocenters. The highest BCUT2D eigenvalue weighted by Crippen LogP contribution is 2.12. The van der Waals surface area contributed by atoms with Crippen molar-refractivity contribution in [2.75, 3.05) is 27.2 Å². The Balaban J connectivity index is 2.37. The van der Waals surface area contributed by atoms with Crippen LogP contribution in [0.1, 0.15) is 18.5 Å². The standard InChI is InChI=1S/C13H20FN3S/c1-10(11-4-6-12(14)7-5-11)16-13(18)15-8-9-17(2)3/h4-7,10H,8-9H2,1-3H3,(H2,15,16,18)/p+1/t10-/m0/s1. The first-order valence-electron chi connectivity index (χ1n) is 6.08. The molecule has 100 valence electrons. The molecule has 0 bridgehead atoms. The number of benzene rings is 1.